The van der Waals surface area contributed by atoms with Crippen LogP contribution in [-0.4, -0.2) is 29.4 Å². The van der Waals surface area contributed by atoms with E-state index in [-0.39, 0.29) is 5.91 Å². The van der Waals surface area contributed by atoms with E-state index >= 15 is 0 Å². The lowest BCUT2D eigenvalue weighted by atomic mass is 10.0. The summed E-state index contributed by atoms with van der Waals surface area (Å²) in [4.78, 5) is 18.3. The monoisotopic (exact) mass is 281 g/mol. The van der Waals surface area contributed by atoms with E-state index in [1.165, 1.54) is 5.56 Å². The van der Waals surface area contributed by atoms with Gasteiger partial charge in [0.05, 0.1) is 0 Å². The SMILES string of the molecule is CN(Cc1cccnc1)C(=O)c1ccc2c(c1)CCCN2. The van der Waals surface area contributed by atoms with Gasteiger partial charge < -0.3 is 10.2 Å². The van der Waals surface area contributed by atoms with Crippen LogP contribution in [0.1, 0.15) is 27.9 Å². The molecule has 0 spiro atoms. The van der Waals surface area contributed by atoms with Crippen LogP contribution in [-0.2, 0) is 13.0 Å². The Bertz CT molecular complexity index is 640. The van der Waals surface area contributed by atoms with E-state index in [0.717, 1.165) is 36.2 Å². The molecule has 0 atom stereocenters. The molecule has 2 aromatic rings. The van der Waals surface area contributed by atoms with E-state index in [4.69, 9.17) is 0 Å². The Morgan fingerprint density at radius 1 is 1.38 bits per heavy atom. The third-order valence-electron chi connectivity index (χ3n) is 3.78. The molecule has 0 unspecified atom stereocenters. The number of benzene rings is 1. The van der Waals surface area contributed by atoms with Crippen LogP contribution in [0.3, 0.4) is 0 Å². The van der Waals surface area contributed by atoms with Crippen LogP contribution in [0.4, 0.5) is 5.69 Å². The van der Waals surface area contributed by atoms with Gasteiger partial charge in [0.25, 0.3) is 5.91 Å². The summed E-state index contributed by atoms with van der Waals surface area (Å²) in [5.41, 5.74) is 4.19. The van der Waals surface area contributed by atoms with Crippen molar-refractivity contribution in [2.45, 2.75) is 19.4 Å². The zero-order chi connectivity index (χ0) is 14.7. The first-order valence-electron chi connectivity index (χ1n) is 7.25. The number of rotatable bonds is 3. The molecule has 0 fully saturated rings. The lowest BCUT2D eigenvalue weighted by Gasteiger charge is -2.21. The summed E-state index contributed by atoms with van der Waals surface area (Å²) in [6, 6.07) is 9.80. The number of pyridine rings is 1. The van der Waals surface area contributed by atoms with Crippen LogP contribution in [0.5, 0.6) is 0 Å². The molecule has 1 aromatic heterocycles. The van der Waals surface area contributed by atoms with Crippen LogP contribution in [0.2, 0.25) is 0 Å². The number of nitrogens with one attached hydrogen (secondary N) is 1. The average molecular weight is 281 g/mol. The van der Waals surface area contributed by atoms with Gasteiger partial charge in [-0.3, -0.25) is 9.78 Å². The lowest BCUT2D eigenvalue weighted by molar-refractivity contribution is 0.0785. The molecule has 108 valence electrons. The second-order valence-electron chi connectivity index (χ2n) is 5.42. The third-order valence-corrected chi connectivity index (χ3v) is 3.78. The number of aryl methyl sites for hydroxylation is 1. The molecule has 1 aliphatic rings. The quantitative estimate of drug-likeness (QED) is 0.941. The number of hydrogen-bond acceptors (Lipinski definition) is 3. The van der Waals surface area contributed by atoms with Crippen molar-refractivity contribution in [2.24, 2.45) is 0 Å². The summed E-state index contributed by atoms with van der Waals surface area (Å²) in [6.45, 7) is 1.59. The second-order valence-corrected chi connectivity index (χ2v) is 5.42. The topological polar surface area (TPSA) is 45.2 Å². The van der Waals surface area contributed by atoms with Gasteiger partial charge in [0.2, 0.25) is 0 Å². The second kappa shape index (κ2) is 5.95. The smallest absolute Gasteiger partial charge is 0.253 e. The summed E-state index contributed by atoms with van der Waals surface area (Å²) < 4.78 is 0. The van der Waals surface area contributed by atoms with Crippen LogP contribution in [0, 0.1) is 0 Å². The van der Waals surface area contributed by atoms with Gasteiger partial charge in [0, 0.05) is 43.8 Å². The standard InChI is InChI=1S/C17H19N3O/c1-20(12-13-4-2-8-18-11-13)17(21)15-6-7-16-14(10-15)5-3-9-19-16/h2,4,6-8,10-11,19H,3,5,9,12H2,1H3. The number of nitrogens with zero attached hydrogens (tertiary/aromatic N) is 2. The Kier molecular flexibility index (Phi) is 3.86. The third kappa shape index (κ3) is 3.05. The minimum Gasteiger partial charge on any atom is -0.385 e. The average Bonchev–Trinajstić information content (AvgIpc) is 2.54. The molecule has 21 heavy (non-hydrogen) atoms. The summed E-state index contributed by atoms with van der Waals surface area (Å²) in [5.74, 6) is 0.0484. The summed E-state index contributed by atoms with van der Waals surface area (Å²) in [6.07, 6.45) is 5.69. The summed E-state index contributed by atoms with van der Waals surface area (Å²) in [5, 5.41) is 3.36. The van der Waals surface area contributed by atoms with E-state index in [1.807, 2.05) is 37.4 Å². The highest BCUT2D eigenvalue weighted by Crippen LogP contribution is 2.23. The van der Waals surface area contributed by atoms with Crippen molar-refractivity contribution in [1.29, 1.82) is 0 Å². The molecule has 4 heteroatoms. The van der Waals surface area contributed by atoms with Gasteiger partial charge in [-0.25, -0.2) is 0 Å². The molecule has 4 nitrogen and oxygen atoms in total. The Morgan fingerprint density at radius 2 is 2.29 bits per heavy atom. The van der Waals surface area contributed by atoms with Crippen molar-refractivity contribution in [2.75, 3.05) is 18.9 Å². The van der Waals surface area contributed by atoms with Gasteiger partial charge in [-0.1, -0.05) is 6.07 Å². The van der Waals surface area contributed by atoms with Crippen LogP contribution >= 0.6 is 0 Å². The van der Waals surface area contributed by atoms with Crippen molar-refractivity contribution < 1.29 is 4.79 Å². The lowest BCUT2D eigenvalue weighted by Crippen LogP contribution is -2.26. The van der Waals surface area contributed by atoms with Gasteiger partial charge >= 0.3 is 0 Å². The molecule has 1 N–H and O–H groups in total. The Morgan fingerprint density at radius 3 is 3.10 bits per heavy atom. The predicted octanol–water partition coefficient (Wildman–Crippen LogP) is 2.71. The fourth-order valence-corrected chi connectivity index (χ4v) is 2.67. The van der Waals surface area contributed by atoms with Gasteiger partial charge in [-0.15, -0.1) is 0 Å². The fraction of sp³-hybridized carbons (Fsp3) is 0.294. The van der Waals surface area contributed by atoms with E-state index < -0.39 is 0 Å². The first-order chi connectivity index (χ1) is 10.2. The van der Waals surface area contributed by atoms with Crippen LogP contribution in [0.15, 0.2) is 42.7 Å². The molecule has 1 amide bonds. The Balaban J connectivity index is 1.75. The number of carbonyl (C=O) groups excluding carboxylic acids is 1. The molecule has 0 radical (unpaired) electrons. The first kappa shape index (κ1) is 13.6. The number of fused-ring (bicyclic) bond motifs is 1. The van der Waals surface area contributed by atoms with Gasteiger partial charge in [0.15, 0.2) is 0 Å². The van der Waals surface area contributed by atoms with Gasteiger partial charge in [0.1, 0.15) is 0 Å². The molecule has 3 rings (SSSR count). The first-order valence-corrected chi connectivity index (χ1v) is 7.25. The van der Waals surface area contributed by atoms with Crippen molar-refractivity contribution >= 4 is 11.6 Å². The van der Waals surface area contributed by atoms with E-state index in [2.05, 4.69) is 10.3 Å². The molecule has 0 saturated carbocycles. The summed E-state index contributed by atoms with van der Waals surface area (Å²) in [7, 11) is 1.83. The number of amides is 1. The molecular weight excluding hydrogens is 262 g/mol. The number of carbonyl (C=O) groups is 1. The molecule has 2 heterocycles. The highest BCUT2D eigenvalue weighted by atomic mass is 16.2. The van der Waals surface area contributed by atoms with Crippen LogP contribution < -0.4 is 5.32 Å². The van der Waals surface area contributed by atoms with Crippen molar-refractivity contribution in [3.8, 4) is 0 Å². The molecule has 1 aliphatic heterocycles. The maximum absolute atomic E-state index is 12.5. The zero-order valence-corrected chi connectivity index (χ0v) is 12.2. The highest BCUT2D eigenvalue weighted by Gasteiger charge is 2.15. The van der Waals surface area contributed by atoms with Crippen molar-refractivity contribution in [1.82, 2.24) is 9.88 Å². The van der Waals surface area contributed by atoms with Crippen molar-refractivity contribution in [3.63, 3.8) is 0 Å². The molecular formula is C17H19N3O. The number of aromatic nitrogens is 1. The van der Waals surface area contributed by atoms with E-state index in [0.29, 0.717) is 6.54 Å². The normalized spacial score (nSPS) is 13.2. The molecule has 0 aliphatic carbocycles. The maximum Gasteiger partial charge on any atom is 0.253 e. The largest absolute Gasteiger partial charge is 0.385 e. The van der Waals surface area contributed by atoms with Gasteiger partial charge in [-0.05, 0) is 48.2 Å². The number of hydrogen-bond donors (Lipinski definition) is 1. The molecule has 0 bridgehead atoms. The molecule has 0 saturated heterocycles. The minimum atomic E-state index is 0.0484. The number of anilines is 1. The van der Waals surface area contributed by atoms with Crippen LogP contribution in [0.25, 0.3) is 0 Å². The van der Waals surface area contributed by atoms with Crippen molar-refractivity contribution in [3.05, 3.63) is 59.4 Å². The van der Waals surface area contributed by atoms with E-state index in [9.17, 15) is 4.79 Å². The zero-order valence-electron chi connectivity index (χ0n) is 12.2. The summed E-state index contributed by atoms with van der Waals surface area (Å²) >= 11 is 0. The molecule has 1 aromatic carbocycles. The van der Waals surface area contributed by atoms with Gasteiger partial charge in [-0.2, -0.15) is 0 Å². The van der Waals surface area contributed by atoms with E-state index in [1.54, 1.807) is 17.3 Å². The predicted molar refractivity (Wildman–Crippen MR) is 83.3 cm³/mol. The Hall–Kier alpha value is -2.36. The maximum atomic E-state index is 12.5. The minimum absolute atomic E-state index is 0.0484. The highest BCUT2D eigenvalue weighted by molar-refractivity contribution is 5.94. The Labute approximate surface area is 124 Å². The fourth-order valence-electron chi connectivity index (χ4n) is 2.67.